The van der Waals surface area contributed by atoms with E-state index < -0.39 is 17.8 Å². The Morgan fingerprint density at radius 2 is 1.91 bits per heavy atom. The Kier molecular flexibility index (Phi) is 7.28. The normalized spacial score (nSPS) is 14.3. The third-order valence-corrected chi connectivity index (χ3v) is 4.60. The molecule has 8 nitrogen and oxygen atoms in total. The number of hydrogen-bond acceptors (Lipinski definition) is 6. The molecular formula is C24H24N2O6. The van der Waals surface area contributed by atoms with Gasteiger partial charge in [-0.2, -0.15) is 0 Å². The Morgan fingerprint density at radius 1 is 1.16 bits per heavy atom. The number of allylic oxidation sites excluding steroid dienone is 1. The first-order chi connectivity index (χ1) is 15.5. The molecule has 0 bridgehead atoms. The molecule has 1 N–H and O–H groups in total. The first-order valence-corrected chi connectivity index (χ1v) is 10.0. The summed E-state index contributed by atoms with van der Waals surface area (Å²) in [6.07, 6.45) is 3.60. The van der Waals surface area contributed by atoms with E-state index in [4.69, 9.17) is 9.47 Å². The lowest BCUT2D eigenvalue weighted by Crippen LogP contribution is -2.35. The van der Waals surface area contributed by atoms with Crippen LogP contribution in [-0.2, 0) is 25.5 Å². The molecule has 0 aliphatic carbocycles. The number of methoxy groups -OCH3 is 1. The highest BCUT2D eigenvalue weighted by atomic mass is 16.6. The van der Waals surface area contributed by atoms with E-state index in [0.717, 1.165) is 0 Å². The minimum atomic E-state index is -0.530. The Labute approximate surface area is 186 Å². The zero-order chi connectivity index (χ0) is 23.1. The van der Waals surface area contributed by atoms with Crippen LogP contribution < -0.4 is 19.9 Å². The highest BCUT2D eigenvalue weighted by Crippen LogP contribution is 2.35. The van der Waals surface area contributed by atoms with E-state index in [1.54, 1.807) is 42.5 Å². The lowest BCUT2D eigenvalue weighted by Gasteiger charge is -2.16. The molecule has 0 aromatic heterocycles. The predicted molar refractivity (Wildman–Crippen MR) is 119 cm³/mol. The Balaban J connectivity index is 1.98. The van der Waals surface area contributed by atoms with Gasteiger partial charge in [-0.1, -0.05) is 24.3 Å². The van der Waals surface area contributed by atoms with Gasteiger partial charge in [0.2, 0.25) is 0 Å². The number of esters is 1. The zero-order valence-electron chi connectivity index (χ0n) is 17.9. The van der Waals surface area contributed by atoms with Crippen molar-refractivity contribution in [1.29, 1.82) is 0 Å². The fourth-order valence-electron chi connectivity index (χ4n) is 3.17. The number of hydrogen-bond donors (Lipinski definition) is 1. The van der Waals surface area contributed by atoms with Crippen LogP contribution in [0.1, 0.15) is 18.1 Å². The molecule has 0 spiro atoms. The Hall–Kier alpha value is -4.07. The largest absolute Gasteiger partial charge is 0.490 e. The van der Waals surface area contributed by atoms with Gasteiger partial charge in [0, 0.05) is 5.56 Å². The number of hydrazine groups is 1. The molecule has 2 aromatic rings. The molecule has 8 heteroatoms. The molecule has 2 amide bonds. The smallest absolute Gasteiger partial charge is 0.343 e. The van der Waals surface area contributed by atoms with E-state index in [0.29, 0.717) is 41.3 Å². The standard InChI is InChI=1S/C24H24N2O6/c1-4-9-17-12-16(14-20(31-5-2)22(17)32-15-21(27)30-3)13-19-23(28)25-26(24(19)29)18-10-7-6-8-11-18/h4,6-8,10-14H,1,5,9,15H2,2-3H3,(H,25,28). The van der Waals surface area contributed by atoms with Crippen molar-refractivity contribution in [1.82, 2.24) is 5.43 Å². The fourth-order valence-corrected chi connectivity index (χ4v) is 3.17. The summed E-state index contributed by atoms with van der Waals surface area (Å²) in [5.74, 6) is -0.734. The van der Waals surface area contributed by atoms with Gasteiger partial charge in [-0.05, 0) is 49.2 Å². The van der Waals surface area contributed by atoms with Gasteiger partial charge >= 0.3 is 5.97 Å². The number of nitrogens with zero attached hydrogens (tertiary/aromatic N) is 1. The van der Waals surface area contributed by atoms with Crippen LogP contribution in [0.3, 0.4) is 0 Å². The van der Waals surface area contributed by atoms with Gasteiger partial charge in [0.15, 0.2) is 18.1 Å². The summed E-state index contributed by atoms with van der Waals surface area (Å²) < 4.78 is 16.0. The number of para-hydroxylation sites is 1. The van der Waals surface area contributed by atoms with Crippen molar-refractivity contribution in [2.75, 3.05) is 25.3 Å². The van der Waals surface area contributed by atoms with Gasteiger partial charge < -0.3 is 14.2 Å². The highest BCUT2D eigenvalue weighted by molar-refractivity contribution is 6.31. The Morgan fingerprint density at radius 3 is 2.56 bits per heavy atom. The number of nitrogens with one attached hydrogen (secondary N) is 1. The molecular weight excluding hydrogens is 412 g/mol. The van der Waals surface area contributed by atoms with Gasteiger partial charge in [0.1, 0.15) is 5.57 Å². The minimum absolute atomic E-state index is 0.0101. The number of carbonyl (C=O) groups excluding carboxylic acids is 3. The maximum atomic E-state index is 12.9. The second-order valence-electron chi connectivity index (χ2n) is 6.77. The van der Waals surface area contributed by atoms with Gasteiger partial charge in [0.25, 0.3) is 11.8 Å². The number of carbonyl (C=O) groups is 3. The molecule has 2 aromatic carbocycles. The van der Waals surface area contributed by atoms with Crippen LogP contribution in [0.2, 0.25) is 0 Å². The zero-order valence-corrected chi connectivity index (χ0v) is 17.9. The molecule has 1 aliphatic heterocycles. The van der Waals surface area contributed by atoms with Gasteiger partial charge in [0.05, 0.1) is 19.4 Å². The van der Waals surface area contributed by atoms with Crippen LogP contribution in [0.4, 0.5) is 5.69 Å². The van der Waals surface area contributed by atoms with Crippen LogP contribution in [0, 0.1) is 0 Å². The lowest BCUT2D eigenvalue weighted by molar-refractivity contribution is -0.143. The van der Waals surface area contributed by atoms with Crippen LogP contribution in [0.15, 0.2) is 60.7 Å². The SMILES string of the molecule is C=CCc1cc(C=C2C(=O)NN(c3ccccc3)C2=O)cc(OCC)c1OCC(=O)OC. The van der Waals surface area contributed by atoms with Crippen molar-refractivity contribution in [3.05, 3.63) is 71.8 Å². The Bertz CT molecular complexity index is 1060. The fraction of sp³-hybridized carbons (Fsp3) is 0.208. The molecule has 0 atom stereocenters. The average molecular weight is 436 g/mol. The second kappa shape index (κ2) is 10.3. The predicted octanol–water partition coefficient (Wildman–Crippen LogP) is 2.83. The number of amides is 2. The van der Waals surface area contributed by atoms with Crippen LogP contribution in [0.25, 0.3) is 6.08 Å². The quantitative estimate of drug-likeness (QED) is 0.281. The van der Waals surface area contributed by atoms with Crippen molar-refractivity contribution in [2.24, 2.45) is 0 Å². The first-order valence-electron chi connectivity index (χ1n) is 10.0. The minimum Gasteiger partial charge on any atom is -0.490 e. The van der Waals surface area contributed by atoms with Crippen LogP contribution in [0.5, 0.6) is 11.5 Å². The number of benzene rings is 2. The van der Waals surface area contributed by atoms with Gasteiger partial charge in [-0.3, -0.25) is 15.0 Å². The van der Waals surface area contributed by atoms with Gasteiger partial charge in [-0.15, -0.1) is 6.58 Å². The van der Waals surface area contributed by atoms with Crippen LogP contribution >= 0.6 is 0 Å². The molecule has 32 heavy (non-hydrogen) atoms. The summed E-state index contributed by atoms with van der Waals surface area (Å²) in [4.78, 5) is 36.9. The maximum absolute atomic E-state index is 12.9. The van der Waals surface area contributed by atoms with Crippen molar-refractivity contribution in [2.45, 2.75) is 13.3 Å². The molecule has 1 aliphatic rings. The monoisotopic (exact) mass is 436 g/mol. The third-order valence-electron chi connectivity index (χ3n) is 4.60. The molecule has 3 rings (SSSR count). The van der Waals surface area contributed by atoms with Crippen molar-refractivity contribution < 1.29 is 28.6 Å². The summed E-state index contributed by atoms with van der Waals surface area (Å²) >= 11 is 0. The summed E-state index contributed by atoms with van der Waals surface area (Å²) in [6, 6.07) is 12.2. The second-order valence-corrected chi connectivity index (χ2v) is 6.77. The van der Waals surface area contributed by atoms with Gasteiger partial charge in [-0.25, -0.2) is 9.80 Å². The summed E-state index contributed by atoms with van der Waals surface area (Å²) in [7, 11) is 1.28. The van der Waals surface area contributed by atoms with E-state index in [1.807, 2.05) is 13.0 Å². The van der Waals surface area contributed by atoms with Crippen molar-refractivity contribution >= 4 is 29.5 Å². The number of anilines is 1. The molecule has 0 radical (unpaired) electrons. The molecule has 1 heterocycles. The molecule has 0 unspecified atom stereocenters. The molecule has 166 valence electrons. The maximum Gasteiger partial charge on any atom is 0.343 e. The summed E-state index contributed by atoms with van der Waals surface area (Å²) in [6.45, 7) is 5.64. The summed E-state index contributed by atoms with van der Waals surface area (Å²) in [5, 5.41) is 1.20. The third kappa shape index (κ3) is 4.97. The van der Waals surface area contributed by atoms with Crippen LogP contribution in [-0.4, -0.2) is 38.1 Å². The van der Waals surface area contributed by atoms with E-state index in [2.05, 4.69) is 16.7 Å². The number of rotatable bonds is 9. The van der Waals surface area contributed by atoms with E-state index in [9.17, 15) is 14.4 Å². The van der Waals surface area contributed by atoms with Crippen molar-refractivity contribution in [3.8, 4) is 11.5 Å². The lowest BCUT2D eigenvalue weighted by atomic mass is 10.0. The molecule has 0 saturated carbocycles. The van der Waals surface area contributed by atoms with Crippen molar-refractivity contribution in [3.63, 3.8) is 0 Å². The van der Waals surface area contributed by atoms with E-state index in [1.165, 1.54) is 18.2 Å². The molecule has 1 fully saturated rings. The average Bonchev–Trinajstić information content (AvgIpc) is 3.07. The van der Waals surface area contributed by atoms with E-state index >= 15 is 0 Å². The number of ether oxygens (including phenoxy) is 3. The summed E-state index contributed by atoms with van der Waals surface area (Å²) in [5.41, 5.74) is 4.38. The van der Waals surface area contributed by atoms with E-state index in [-0.39, 0.29) is 12.2 Å². The highest BCUT2D eigenvalue weighted by Gasteiger charge is 2.34. The topological polar surface area (TPSA) is 94.2 Å². The molecule has 1 saturated heterocycles. The first kappa shape index (κ1) is 22.6.